The van der Waals surface area contributed by atoms with Gasteiger partial charge in [0.15, 0.2) is 0 Å². The quantitative estimate of drug-likeness (QED) is 0.783. The maximum atomic E-state index is 12.5. The van der Waals surface area contributed by atoms with Crippen molar-refractivity contribution in [1.82, 2.24) is 4.98 Å². The third-order valence-corrected chi connectivity index (χ3v) is 3.41. The van der Waals surface area contributed by atoms with Gasteiger partial charge in [-0.15, -0.1) is 0 Å². The third kappa shape index (κ3) is 3.48. The highest BCUT2D eigenvalue weighted by Crippen LogP contribution is 2.21. The molecule has 1 amide bonds. The summed E-state index contributed by atoms with van der Waals surface area (Å²) in [5.74, 6) is 0.633. The second-order valence-electron chi connectivity index (χ2n) is 5.55. The van der Waals surface area contributed by atoms with Crippen molar-refractivity contribution < 1.29 is 9.53 Å². The topological polar surface area (TPSA) is 51.2 Å². The molecule has 1 aromatic heterocycles. The summed E-state index contributed by atoms with van der Waals surface area (Å²) in [7, 11) is 0. The van der Waals surface area contributed by atoms with Gasteiger partial charge in [0, 0.05) is 29.0 Å². The van der Waals surface area contributed by atoms with E-state index in [-0.39, 0.29) is 12.0 Å². The molecular formula is C19H18N2O2. The second kappa shape index (κ2) is 6.48. The van der Waals surface area contributed by atoms with Gasteiger partial charge in [-0.3, -0.25) is 9.78 Å². The van der Waals surface area contributed by atoms with Crippen LogP contribution in [0, 0.1) is 0 Å². The number of carbonyl (C=O) groups is 1. The van der Waals surface area contributed by atoms with Crippen molar-refractivity contribution >= 4 is 22.4 Å². The normalized spacial score (nSPS) is 10.7. The van der Waals surface area contributed by atoms with Crippen molar-refractivity contribution in [2.24, 2.45) is 0 Å². The number of carbonyl (C=O) groups excluding carboxylic acids is 1. The van der Waals surface area contributed by atoms with Crippen LogP contribution in [0.5, 0.6) is 5.75 Å². The van der Waals surface area contributed by atoms with E-state index in [4.69, 9.17) is 4.74 Å². The zero-order valence-corrected chi connectivity index (χ0v) is 13.1. The number of hydrogen-bond acceptors (Lipinski definition) is 3. The lowest BCUT2D eigenvalue weighted by Gasteiger charge is -2.11. The molecule has 0 radical (unpaired) electrons. The molecule has 3 rings (SSSR count). The van der Waals surface area contributed by atoms with E-state index in [1.807, 2.05) is 56.3 Å². The van der Waals surface area contributed by atoms with Crippen LogP contribution in [0.2, 0.25) is 0 Å². The zero-order chi connectivity index (χ0) is 16.2. The van der Waals surface area contributed by atoms with Crippen molar-refractivity contribution in [3.63, 3.8) is 0 Å². The lowest BCUT2D eigenvalue weighted by atomic mass is 10.1. The molecule has 1 N–H and O–H groups in total. The van der Waals surface area contributed by atoms with Crippen LogP contribution in [0.3, 0.4) is 0 Å². The van der Waals surface area contributed by atoms with Crippen LogP contribution in [-0.4, -0.2) is 17.0 Å². The monoisotopic (exact) mass is 306 g/mol. The van der Waals surface area contributed by atoms with E-state index in [1.54, 1.807) is 18.5 Å². The van der Waals surface area contributed by atoms with E-state index in [0.717, 1.165) is 22.2 Å². The molecule has 3 aromatic rings. The van der Waals surface area contributed by atoms with Crippen LogP contribution in [-0.2, 0) is 0 Å². The Morgan fingerprint density at radius 1 is 1.09 bits per heavy atom. The molecule has 116 valence electrons. The molecule has 0 aliphatic rings. The van der Waals surface area contributed by atoms with Crippen LogP contribution in [0.1, 0.15) is 24.2 Å². The number of hydrogen-bond donors (Lipinski definition) is 1. The fourth-order valence-corrected chi connectivity index (χ4v) is 2.40. The number of pyridine rings is 1. The lowest BCUT2D eigenvalue weighted by molar-refractivity contribution is 0.102. The summed E-state index contributed by atoms with van der Waals surface area (Å²) < 4.78 is 5.60. The molecule has 0 saturated heterocycles. The number of anilines is 1. The molecule has 0 unspecified atom stereocenters. The Bertz CT molecular complexity index is 821. The fraction of sp³-hybridized carbons (Fsp3) is 0.158. The zero-order valence-electron chi connectivity index (χ0n) is 13.1. The van der Waals surface area contributed by atoms with Crippen LogP contribution in [0.4, 0.5) is 5.69 Å². The standard InChI is InChI=1S/C19H18N2O2/c1-13(2)23-16-8-6-15(7-9-16)21-19(22)17-5-3-4-14-10-11-20-12-18(14)17/h3-13H,1-2H3,(H,21,22). The Balaban J connectivity index is 1.81. The maximum Gasteiger partial charge on any atom is 0.256 e. The number of ether oxygens (including phenoxy) is 1. The molecule has 0 atom stereocenters. The van der Waals surface area contributed by atoms with Crippen LogP contribution in [0.15, 0.2) is 60.9 Å². The molecule has 4 heteroatoms. The van der Waals surface area contributed by atoms with Crippen molar-refractivity contribution in [3.8, 4) is 5.75 Å². The van der Waals surface area contributed by atoms with Gasteiger partial charge >= 0.3 is 0 Å². The summed E-state index contributed by atoms with van der Waals surface area (Å²) in [4.78, 5) is 16.6. The molecular weight excluding hydrogens is 288 g/mol. The largest absolute Gasteiger partial charge is 0.491 e. The molecule has 0 aliphatic carbocycles. The van der Waals surface area contributed by atoms with Crippen LogP contribution in [0.25, 0.3) is 10.8 Å². The van der Waals surface area contributed by atoms with Gasteiger partial charge in [0.05, 0.1) is 6.10 Å². The predicted molar refractivity (Wildman–Crippen MR) is 91.9 cm³/mol. The summed E-state index contributed by atoms with van der Waals surface area (Å²) in [6.07, 6.45) is 3.56. The van der Waals surface area contributed by atoms with E-state index >= 15 is 0 Å². The van der Waals surface area contributed by atoms with Crippen molar-refractivity contribution in [1.29, 1.82) is 0 Å². The van der Waals surface area contributed by atoms with Crippen LogP contribution >= 0.6 is 0 Å². The van der Waals surface area contributed by atoms with Gasteiger partial charge in [-0.1, -0.05) is 12.1 Å². The van der Waals surface area contributed by atoms with Gasteiger partial charge in [0.25, 0.3) is 5.91 Å². The number of rotatable bonds is 4. The van der Waals surface area contributed by atoms with Gasteiger partial charge in [-0.25, -0.2) is 0 Å². The highest BCUT2D eigenvalue weighted by atomic mass is 16.5. The minimum absolute atomic E-state index is 0.124. The molecule has 2 aromatic carbocycles. The number of benzene rings is 2. The summed E-state index contributed by atoms with van der Waals surface area (Å²) in [5.41, 5.74) is 1.34. The van der Waals surface area contributed by atoms with Crippen LogP contribution < -0.4 is 10.1 Å². The first-order valence-electron chi connectivity index (χ1n) is 7.54. The predicted octanol–water partition coefficient (Wildman–Crippen LogP) is 4.27. The van der Waals surface area contributed by atoms with Crippen molar-refractivity contribution in [2.45, 2.75) is 20.0 Å². The van der Waals surface area contributed by atoms with Gasteiger partial charge in [-0.05, 0) is 55.6 Å². The average Bonchev–Trinajstić information content (AvgIpc) is 2.55. The third-order valence-electron chi connectivity index (χ3n) is 3.41. The minimum atomic E-state index is -0.152. The maximum absolute atomic E-state index is 12.5. The number of amides is 1. The first-order chi connectivity index (χ1) is 11.1. The van der Waals surface area contributed by atoms with Gasteiger partial charge in [0.2, 0.25) is 0 Å². The molecule has 0 fully saturated rings. The highest BCUT2D eigenvalue weighted by molar-refractivity contribution is 6.12. The number of aromatic nitrogens is 1. The second-order valence-corrected chi connectivity index (χ2v) is 5.55. The number of nitrogens with one attached hydrogen (secondary N) is 1. The molecule has 0 bridgehead atoms. The Labute approximate surface area is 135 Å². The Morgan fingerprint density at radius 2 is 1.87 bits per heavy atom. The first kappa shape index (κ1) is 15.0. The smallest absolute Gasteiger partial charge is 0.256 e. The molecule has 1 heterocycles. The van der Waals surface area contributed by atoms with Gasteiger partial charge < -0.3 is 10.1 Å². The van der Waals surface area contributed by atoms with Crippen molar-refractivity contribution in [3.05, 3.63) is 66.5 Å². The average molecular weight is 306 g/mol. The first-order valence-corrected chi connectivity index (χ1v) is 7.54. The van der Waals surface area contributed by atoms with E-state index in [9.17, 15) is 4.79 Å². The molecule has 23 heavy (non-hydrogen) atoms. The summed E-state index contributed by atoms with van der Waals surface area (Å²) in [6, 6.07) is 14.9. The summed E-state index contributed by atoms with van der Waals surface area (Å²) in [6.45, 7) is 3.95. The van der Waals surface area contributed by atoms with E-state index in [1.165, 1.54) is 0 Å². The fourth-order valence-electron chi connectivity index (χ4n) is 2.40. The van der Waals surface area contributed by atoms with Gasteiger partial charge in [0.1, 0.15) is 5.75 Å². The number of fused-ring (bicyclic) bond motifs is 1. The minimum Gasteiger partial charge on any atom is -0.491 e. The molecule has 0 aliphatic heterocycles. The highest BCUT2D eigenvalue weighted by Gasteiger charge is 2.10. The Kier molecular flexibility index (Phi) is 4.24. The van der Waals surface area contributed by atoms with Crippen molar-refractivity contribution in [2.75, 3.05) is 5.32 Å². The lowest BCUT2D eigenvalue weighted by Crippen LogP contribution is -2.12. The summed E-state index contributed by atoms with van der Waals surface area (Å²) in [5, 5.41) is 4.74. The van der Waals surface area contributed by atoms with E-state index < -0.39 is 0 Å². The Morgan fingerprint density at radius 3 is 2.61 bits per heavy atom. The molecule has 0 saturated carbocycles. The Hall–Kier alpha value is -2.88. The van der Waals surface area contributed by atoms with E-state index in [2.05, 4.69) is 10.3 Å². The SMILES string of the molecule is CC(C)Oc1ccc(NC(=O)c2cccc3ccncc23)cc1. The molecule has 4 nitrogen and oxygen atoms in total. The molecule has 0 spiro atoms. The number of nitrogens with zero attached hydrogens (tertiary/aromatic N) is 1. The summed E-state index contributed by atoms with van der Waals surface area (Å²) >= 11 is 0. The van der Waals surface area contributed by atoms with Gasteiger partial charge in [-0.2, -0.15) is 0 Å². The van der Waals surface area contributed by atoms with E-state index in [0.29, 0.717) is 5.56 Å².